The summed E-state index contributed by atoms with van der Waals surface area (Å²) >= 11 is 0. The molecule has 0 N–H and O–H groups in total. The van der Waals surface area contributed by atoms with E-state index in [1.165, 1.54) is 11.3 Å². The van der Waals surface area contributed by atoms with E-state index in [-0.39, 0.29) is 0 Å². The Bertz CT molecular complexity index is 1170. The quantitative estimate of drug-likeness (QED) is 0.564. The van der Waals surface area contributed by atoms with Crippen LogP contribution in [-0.4, -0.2) is 34.5 Å². The van der Waals surface area contributed by atoms with Gasteiger partial charge in [-0.3, -0.25) is 0 Å². The van der Waals surface area contributed by atoms with E-state index in [9.17, 15) is 0 Å². The molecular formula is C26H29N5. The molecule has 0 saturated carbocycles. The van der Waals surface area contributed by atoms with Gasteiger partial charge in [-0.2, -0.15) is 5.10 Å². The van der Waals surface area contributed by atoms with Crippen LogP contribution in [-0.2, 0) is 0 Å². The zero-order valence-corrected chi connectivity index (χ0v) is 18.9. The molecule has 5 heteroatoms. The van der Waals surface area contributed by atoms with Crippen LogP contribution in [0.25, 0.3) is 6.08 Å². The van der Waals surface area contributed by atoms with Gasteiger partial charge in [-0.05, 0) is 70.5 Å². The predicted octanol–water partition coefficient (Wildman–Crippen LogP) is 5.40. The van der Waals surface area contributed by atoms with Crippen molar-refractivity contribution >= 4 is 23.4 Å². The Morgan fingerprint density at radius 1 is 0.903 bits per heavy atom. The SMILES string of the molecule is CCN(CC)c1ccc(C=C2N=C(n3nc(C)cc3C)N=C2c2cccc(C)c2)cc1. The topological polar surface area (TPSA) is 45.8 Å². The molecule has 2 heterocycles. The highest BCUT2D eigenvalue weighted by Crippen LogP contribution is 2.23. The van der Waals surface area contributed by atoms with Crippen LogP contribution in [0.5, 0.6) is 0 Å². The second-order valence-corrected chi connectivity index (χ2v) is 7.87. The molecule has 5 nitrogen and oxygen atoms in total. The molecule has 0 unspecified atom stereocenters. The van der Waals surface area contributed by atoms with E-state index in [1.54, 1.807) is 0 Å². The van der Waals surface area contributed by atoms with Crippen LogP contribution in [0.4, 0.5) is 5.69 Å². The van der Waals surface area contributed by atoms with E-state index in [4.69, 9.17) is 9.98 Å². The monoisotopic (exact) mass is 411 g/mol. The minimum atomic E-state index is 0.605. The molecule has 2 aromatic carbocycles. The van der Waals surface area contributed by atoms with Gasteiger partial charge < -0.3 is 4.90 Å². The highest BCUT2D eigenvalue weighted by atomic mass is 15.4. The van der Waals surface area contributed by atoms with E-state index in [1.807, 2.05) is 24.6 Å². The maximum Gasteiger partial charge on any atom is 0.252 e. The lowest BCUT2D eigenvalue weighted by Gasteiger charge is -2.20. The number of hydrogen-bond acceptors (Lipinski definition) is 4. The zero-order chi connectivity index (χ0) is 22.0. The molecule has 3 aromatic rings. The van der Waals surface area contributed by atoms with Gasteiger partial charge in [0.15, 0.2) is 0 Å². The lowest BCUT2D eigenvalue weighted by Crippen LogP contribution is -2.21. The van der Waals surface area contributed by atoms with Crippen molar-refractivity contribution in [3.05, 3.63) is 88.4 Å². The summed E-state index contributed by atoms with van der Waals surface area (Å²) in [4.78, 5) is 12.1. The maximum atomic E-state index is 4.88. The Labute approximate surface area is 184 Å². The summed E-state index contributed by atoms with van der Waals surface area (Å²) in [6, 6.07) is 19.1. The number of aromatic nitrogens is 2. The van der Waals surface area contributed by atoms with Crippen LogP contribution in [0, 0.1) is 20.8 Å². The van der Waals surface area contributed by atoms with E-state index in [2.05, 4.69) is 85.4 Å². The smallest absolute Gasteiger partial charge is 0.252 e. The molecule has 0 spiro atoms. The third-order valence-electron chi connectivity index (χ3n) is 5.49. The normalized spacial score (nSPS) is 14.7. The largest absolute Gasteiger partial charge is 0.372 e. The molecule has 1 aliphatic rings. The molecule has 0 atom stereocenters. The number of hydrogen-bond donors (Lipinski definition) is 0. The highest BCUT2D eigenvalue weighted by Gasteiger charge is 2.21. The summed E-state index contributed by atoms with van der Waals surface area (Å²) < 4.78 is 1.81. The van der Waals surface area contributed by atoms with Crippen LogP contribution in [0.1, 0.15) is 41.9 Å². The van der Waals surface area contributed by atoms with Crippen LogP contribution < -0.4 is 4.90 Å². The van der Waals surface area contributed by atoms with Crippen molar-refractivity contribution in [3.8, 4) is 0 Å². The summed E-state index contributed by atoms with van der Waals surface area (Å²) in [6.07, 6.45) is 2.10. The fourth-order valence-electron chi connectivity index (χ4n) is 3.90. The summed E-state index contributed by atoms with van der Waals surface area (Å²) in [6.45, 7) is 12.5. The average Bonchev–Trinajstić information content (AvgIpc) is 3.32. The molecule has 0 bridgehead atoms. The van der Waals surface area contributed by atoms with Gasteiger partial charge in [-0.1, -0.05) is 35.9 Å². The Balaban J connectivity index is 1.76. The van der Waals surface area contributed by atoms with E-state index in [0.717, 1.165) is 47.0 Å². The van der Waals surface area contributed by atoms with Gasteiger partial charge in [0.2, 0.25) is 0 Å². The van der Waals surface area contributed by atoms with Crippen molar-refractivity contribution < 1.29 is 0 Å². The van der Waals surface area contributed by atoms with Gasteiger partial charge in [0.05, 0.1) is 11.4 Å². The molecule has 0 saturated heterocycles. The third kappa shape index (κ3) is 4.36. The average molecular weight is 412 g/mol. The van der Waals surface area contributed by atoms with Gasteiger partial charge >= 0.3 is 0 Å². The lowest BCUT2D eigenvalue weighted by atomic mass is 10.0. The van der Waals surface area contributed by atoms with Crippen LogP contribution in [0.2, 0.25) is 0 Å². The number of anilines is 1. The van der Waals surface area contributed by atoms with Crippen molar-refractivity contribution in [2.75, 3.05) is 18.0 Å². The Kier molecular flexibility index (Phi) is 5.85. The summed E-state index contributed by atoms with van der Waals surface area (Å²) in [5, 5.41) is 4.58. The summed E-state index contributed by atoms with van der Waals surface area (Å²) in [5.41, 5.74) is 8.30. The highest BCUT2D eigenvalue weighted by molar-refractivity contribution is 6.23. The molecule has 0 amide bonds. The Morgan fingerprint density at radius 3 is 2.26 bits per heavy atom. The van der Waals surface area contributed by atoms with Gasteiger partial charge in [0.1, 0.15) is 5.71 Å². The van der Waals surface area contributed by atoms with Crippen molar-refractivity contribution in [2.45, 2.75) is 34.6 Å². The van der Waals surface area contributed by atoms with E-state index in [0.29, 0.717) is 5.96 Å². The minimum Gasteiger partial charge on any atom is -0.372 e. The maximum absolute atomic E-state index is 4.88. The first-order valence-electron chi connectivity index (χ1n) is 10.8. The van der Waals surface area contributed by atoms with Crippen LogP contribution in [0.3, 0.4) is 0 Å². The number of rotatable bonds is 5. The van der Waals surface area contributed by atoms with Crippen molar-refractivity contribution in [3.63, 3.8) is 0 Å². The molecule has 158 valence electrons. The van der Waals surface area contributed by atoms with E-state index < -0.39 is 0 Å². The lowest BCUT2D eigenvalue weighted by molar-refractivity contribution is 0.866. The fourth-order valence-corrected chi connectivity index (χ4v) is 3.90. The molecular weight excluding hydrogens is 382 g/mol. The molecule has 4 rings (SSSR count). The fraction of sp³-hybridized carbons (Fsp3) is 0.269. The third-order valence-corrected chi connectivity index (χ3v) is 5.49. The standard InChI is InChI=1S/C26H29N5/c1-6-30(7-2)23-13-11-21(12-14-23)17-24-25(22-10-8-9-18(3)15-22)28-26(27-24)31-20(5)16-19(4)29-31/h8-17H,6-7H2,1-5H3. The minimum absolute atomic E-state index is 0.605. The summed E-state index contributed by atoms with van der Waals surface area (Å²) in [7, 11) is 0. The number of benzene rings is 2. The molecule has 31 heavy (non-hydrogen) atoms. The number of nitrogens with zero attached hydrogens (tertiary/aromatic N) is 5. The van der Waals surface area contributed by atoms with Gasteiger partial charge in [0, 0.05) is 30.0 Å². The Hall–Kier alpha value is -3.47. The molecule has 0 aliphatic carbocycles. The van der Waals surface area contributed by atoms with Crippen molar-refractivity contribution in [2.24, 2.45) is 9.98 Å². The van der Waals surface area contributed by atoms with Crippen LogP contribution >= 0.6 is 0 Å². The number of allylic oxidation sites excluding steroid dienone is 1. The molecule has 1 aromatic heterocycles. The number of aliphatic imine (C=N–C) groups is 2. The van der Waals surface area contributed by atoms with Gasteiger partial charge in [-0.15, -0.1) is 0 Å². The zero-order valence-electron chi connectivity index (χ0n) is 18.9. The predicted molar refractivity (Wildman–Crippen MR) is 130 cm³/mol. The second kappa shape index (κ2) is 8.72. The first-order valence-corrected chi connectivity index (χ1v) is 10.8. The van der Waals surface area contributed by atoms with Gasteiger partial charge in [-0.25, -0.2) is 14.7 Å². The van der Waals surface area contributed by atoms with Crippen molar-refractivity contribution in [1.82, 2.24) is 9.78 Å². The molecule has 1 aliphatic heterocycles. The van der Waals surface area contributed by atoms with E-state index >= 15 is 0 Å². The number of aryl methyl sites for hydroxylation is 3. The molecule has 0 fully saturated rings. The second-order valence-electron chi connectivity index (χ2n) is 7.87. The first-order chi connectivity index (χ1) is 15.0. The summed E-state index contributed by atoms with van der Waals surface area (Å²) in [5.74, 6) is 0.605. The van der Waals surface area contributed by atoms with Crippen molar-refractivity contribution in [1.29, 1.82) is 0 Å². The molecule has 0 radical (unpaired) electrons. The van der Waals surface area contributed by atoms with Crippen LogP contribution in [0.15, 0.2) is 70.3 Å². The van der Waals surface area contributed by atoms with Gasteiger partial charge in [0.25, 0.3) is 5.96 Å². The Morgan fingerprint density at radius 2 is 1.65 bits per heavy atom. The first kappa shape index (κ1) is 20.8.